The molecule has 152 valence electrons. The third kappa shape index (κ3) is 5.39. The quantitative estimate of drug-likeness (QED) is 0.167. The van der Waals surface area contributed by atoms with Gasteiger partial charge < -0.3 is 0 Å². The summed E-state index contributed by atoms with van der Waals surface area (Å²) in [5.41, 5.74) is 2.24. The fourth-order valence-corrected chi connectivity index (χ4v) is 3.50. The maximum absolute atomic E-state index is 12.5. The lowest BCUT2D eigenvalue weighted by Gasteiger charge is -2.18. The van der Waals surface area contributed by atoms with Crippen LogP contribution < -0.4 is 0 Å². The van der Waals surface area contributed by atoms with E-state index in [2.05, 4.69) is 30.7 Å². The van der Waals surface area contributed by atoms with Crippen molar-refractivity contribution in [3.63, 3.8) is 0 Å². The summed E-state index contributed by atoms with van der Waals surface area (Å²) < 4.78 is 0. The van der Waals surface area contributed by atoms with Crippen LogP contribution in [-0.2, 0) is 5.41 Å². The molecule has 0 aliphatic rings. The molecule has 0 aliphatic carbocycles. The number of rotatable bonds is 6. The van der Waals surface area contributed by atoms with Crippen molar-refractivity contribution in [3.8, 4) is 0 Å². The highest BCUT2D eigenvalue weighted by Crippen LogP contribution is 2.33. The van der Waals surface area contributed by atoms with Crippen LogP contribution in [0.15, 0.2) is 77.1 Å². The predicted molar refractivity (Wildman–Crippen MR) is 118 cm³/mol. The number of hydrogen-bond acceptors (Lipinski definition) is 6. The van der Waals surface area contributed by atoms with Crippen LogP contribution in [0.1, 0.15) is 42.3 Å². The summed E-state index contributed by atoms with van der Waals surface area (Å²) in [7, 11) is 0. The predicted octanol–water partition coefficient (Wildman–Crippen LogP) is 5.73. The van der Waals surface area contributed by atoms with Crippen LogP contribution in [0.5, 0.6) is 0 Å². The average Bonchev–Trinajstić information content (AvgIpc) is 2.73. The molecule has 2 aromatic carbocycles. The molecule has 1 heterocycles. The van der Waals surface area contributed by atoms with Gasteiger partial charge in [0.15, 0.2) is 10.9 Å². The van der Waals surface area contributed by atoms with Crippen molar-refractivity contribution in [1.29, 1.82) is 0 Å². The molecule has 0 radical (unpaired) electrons. The summed E-state index contributed by atoms with van der Waals surface area (Å²) in [5, 5.41) is 11.9. The number of aromatic nitrogens is 2. The Labute approximate surface area is 179 Å². The first-order valence-corrected chi connectivity index (χ1v) is 10.1. The Morgan fingerprint density at radius 3 is 2.33 bits per heavy atom. The highest BCUT2D eigenvalue weighted by Gasteiger charge is 2.17. The molecule has 0 unspecified atom stereocenters. The lowest BCUT2D eigenvalue weighted by Crippen LogP contribution is -2.11. The van der Waals surface area contributed by atoms with Crippen molar-refractivity contribution in [3.05, 3.63) is 93.8 Å². The zero-order chi connectivity index (χ0) is 21.7. The minimum Gasteiger partial charge on any atom is -0.289 e. The monoisotopic (exact) mass is 419 g/mol. The molecule has 0 amide bonds. The molecule has 0 N–H and O–H groups in total. The SMILES string of the molecule is CC(C)(C)c1ccc(C(=O)/C=C/c2ccc(Sc3ncccn3)c([N+](=O)[O-])c2)cc1. The van der Waals surface area contributed by atoms with Crippen molar-refractivity contribution in [2.75, 3.05) is 0 Å². The molecule has 0 atom stereocenters. The third-order valence-electron chi connectivity index (χ3n) is 4.39. The van der Waals surface area contributed by atoms with Gasteiger partial charge in [-0.25, -0.2) is 9.97 Å². The van der Waals surface area contributed by atoms with Gasteiger partial charge in [-0.1, -0.05) is 57.2 Å². The fraction of sp³-hybridized carbons (Fsp3) is 0.174. The first-order chi connectivity index (χ1) is 14.2. The zero-order valence-corrected chi connectivity index (χ0v) is 17.7. The molecule has 7 heteroatoms. The highest BCUT2D eigenvalue weighted by molar-refractivity contribution is 7.99. The number of hydrogen-bond donors (Lipinski definition) is 0. The lowest BCUT2D eigenvalue weighted by atomic mass is 9.86. The summed E-state index contributed by atoms with van der Waals surface area (Å²) in [5.74, 6) is -0.158. The first kappa shape index (κ1) is 21.4. The van der Waals surface area contributed by atoms with Crippen LogP contribution in [0.4, 0.5) is 5.69 Å². The Hall–Kier alpha value is -3.32. The number of nitro benzene ring substituents is 1. The van der Waals surface area contributed by atoms with E-state index in [1.54, 1.807) is 48.8 Å². The van der Waals surface area contributed by atoms with Gasteiger partial charge in [0, 0.05) is 24.0 Å². The molecule has 0 fully saturated rings. The molecule has 3 rings (SSSR count). The van der Waals surface area contributed by atoms with E-state index in [9.17, 15) is 14.9 Å². The number of carbonyl (C=O) groups excluding carboxylic acids is 1. The zero-order valence-electron chi connectivity index (χ0n) is 16.9. The molecule has 0 saturated carbocycles. The van der Waals surface area contributed by atoms with Crippen molar-refractivity contribution in [2.45, 2.75) is 36.2 Å². The van der Waals surface area contributed by atoms with Gasteiger partial charge in [-0.2, -0.15) is 0 Å². The Kier molecular flexibility index (Phi) is 6.42. The van der Waals surface area contributed by atoms with Gasteiger partial charge in [0.2, 0.25) is 0 Å². The van der Waals surface area contributed by atoms with Crippen molar-refractivity contribution in [2.24, 2.45) is 0 Å². The Morgan fingerprint density at radius 1 is 1.07 bits per heavy atom. The number of ketones is 1. The average molecular weight is 420 g/mol. The van der Waals surface area contributed by atoms with Gasteiger partial charge in [-0.15, -0.1) is 0 Å². The summed E-state index contributed by atoms with van der Waals surface area (Å²) in [6, 6.07) is 14.0. The minimum absolute atomic E-state index is 0.0148. The topological polar surface area (TPSA) is 86.0 Å². The van der Waals surface area contributed by atoms with E-state index in [1.165, 1.54) is 12.1 Å². The van der Waals surface area contributed by atoms with Crippen LogP contribution in [0.25, 0.3) is 6.08 Å². The molecule has 30 heavy (non-hydrogen) atoms. The van der Waals surface area contributed by atoms with Gasteiger partial charge in [-0.05, 0) is 46.5 Å². The molecule has 1 aromatic heterocycles. The van der Waals surface area contributed by atoms with Gasteiger partial charge >= 0.3 is 0 Å². The Balaban J connectivity index is 1.79. The Morgan fingerprint density at radius 2 is 1.73 bits per heavy atom. The van der Waals surface area contributed by atoms with E-state index in [0.717, 1.165) is 17.3 Å². The second-order valence-electron chi connectivity index (χ2n) is 7.64. The second kappa shape index (κ2) is 9.00. The van der Waals surface area contributed by atoms with Crippen molar-refractivity contribution in [1.82, 2.24) is 9.97 Å². The van der Waals surface area contributed by atoms with E-state index in [1.807, 2.05) is 12.1 Å². The smallest absolute Gasteiger partial charge is 0.283 e. The van der Waals surface area contributed by atoms with Crippen LogP contribution in [0.3, 0.4) is 0 Å². The van der Waals surface area contributed by atoms with Gasteiger partial charge in [0.25, 0.3) is 5.69 Å². The maximum Gasteiger partial charge on any atom is 0.283 e. The standard InChI is InChI=1S/C23H21N3O3S/c1-23(2,3)18-9-7-17(8-10-18)20(27)11-5-16-6-12-21(19(15-16)26(28)29)30-22-24-13-4-14-25-22/h4-15H,1-3H3/b11-5+. The van der Waals surface area contributed by atoms with E-state index in [4.69, 9.17) is 0 Å². The van der Waals surface area contributed by atoms with Crippen LogP contribution in [-0.4, -0.2) is 20.7 Å². The number of benzene rings is 2. The number of nitro groups is 1. The van der Waals surface area contributed by atoms with Crippen molar-refractivity contribution >= 4 is 29.3 Å². The van der Waals surface area contributed by atoms with Gasteiger partial charge in [0.1, 0.15) is 0 Å². The number of allylic oxidation sites excluding steroid dienone is 1. The van der Waals surface area contributed by atoms with E-state index < -0.39 is 4.92 Å². The summed E-state index contributed by atoms with van der Waals surface area (Å²) >= 11 is 1.12. The number of nitrogens with zero attached hydrogens (tertiary/aromatic N) is 3. The summed E-state index contributed by atoms with van der Waals surface area (Å²) in [6.45, 7) is 6.34. The second-order valence-corrected chi connectivity index (χ2v) is 8.65. The normalized spacial score (nSPS) is 11.6. The maximum atomic E-state index is 12.5. The molecule has 0 aliphatic heterocycles. The van der Waals surface area contributed by atoms with E-state index in [0.29, 0.717) is 21.2 Å². The molecular formula is C23H21N3O3S. The number of carbonyl (C=O) groups is 1. The summed E-state index contributed by atoms with van der Waals surface area (Å²) in [4.78, 5) is 32.1. The lowest BCUT2D eigenvalue weighted by molar-refractivity contribution is -0.387. The minimum atomic E-state index is -0.449. The molecule has 3 aromatic rings. The van der Waals surface area contributed by atoms with E-state index >= 15 is 0 Å². The molecule has 0 spiro atoms. The molecule has 0 saturated heterocycles. The molecular weight excluding hydrogens is 398 g/mol. The van der Waals surface area contributed by atoms with Gasteiger partial charge in [-0.3, -0.25) is 14.9 Å². The molecule has 0 bridgehead atoms. The van der Waals surface area contributed by atoms with E-state index in [-0.39, 0.29) is 16.9 Å². The third-order valence-corrected chi connectivity index (χ3v) is 5.34. The first-order valence-electron chi connectivity index (χ1n) is 9.30. The molecule has 6 nitrogen and oxygen atoms in total. The van der Waals surface area contributed by atoms with Crippen LogP contribution >= 0.6 is 11.8 Å². The highest BCUT2D eigenvalue weighted by atomic mass is 32.2. The Bertz CT molecular complexity index is 1090. The van der Waals surface area contributed by atoms with Gasteiger partial charge in [0.05, 0.1) is 9.82 Å². The summed E-state index contributed by atoms with van der Waals surface area (Å²) in [6.07, 6.45) is 6.18. The van der Waals surface area contributed by atoms with Crippen LogP contribution in [0, 0.1) is 10.1 Å². The van der Waals surface area contributed by atoms with Crippen LogP contribution in [0.2, 0.25) is 0 Å². The fourth-order valence-electron chi connectivity index (χ4n) is 2.71. The largest absolute Gasteiger partial charge is 0.289 e. The van der Waals surface area contributed by atoms with Crippen molar-refractivity contribution < 1.29 is 9.72 Å².